The van der Waals surface area contributed by atoms with Gasteiger partial charge in [0.1, 0.15) is 4.83 Å². The predicted molar refractivity (Wildman–Crippen MR) is 111 cm³/mol. The highest BCUT2D eigenvalue weighted by molar-refractivity contribution is 7.99. The number of likely N-dealkylation sites (N-methyl/N-ethyl adjacent to an activating group) is 1. The van der Waals surface area contributed by atoms with Gasteiger partial charge < -0.3 is 9.80 Å². The van der Waals surface area contributed by atoms with Crippen LogP contribution in [0.5, 0.6) is 0 Å². The second kappa shape index (κ2) is 7.93. The predicted octanol–water partition coefficient (Wildman–Crippen LogP) is 2.22. The van der Waals surface area contributed by atoms with Crippen molar-refractivity contribution in [1.29, 1.82) is 0 Å². The fourth-order valence-corrected chi connectivity index (χ4v) is 6.15. The summed E-state index contributed by atoms with van der Waals surface area (Å²) in [5, 5.41) is 1.50. The Morgan fingerprint density at radius 1 is 1.19 bits per heavy atom. The second-order valence-electron chi connectivity index (χ2n) is 7.31. The first-order valence-electron chi connectivity index (χ1n) is 9.72. The largest absolute Gasteiger partial charge is 0.339 e. The number of carbonyl (C=O) groups is 1. The van der Waals surface area contributed by atoms with Gasteiger partial charge in [-0.25, -0.2) is 4.98 Å². The Morgan fingerprint density at radius 2 is 1.93 bits per heavy atom. The Balaban J connectivity index is 1.58. The van der Waals surface area contributed by atoms with Crippen molar-refractivity contribution in [2.75, 3.05) is 39.0 Å². The molecule has 2 aliphatic rings. The molecule has 8 heteroatoms. The topological polar surface area (TPSA) is 58.4 Å². The minimum atomic E-state index is 0.0662. The maximum Gasteiger partial charge on any atom is 0.263 e. The number of nitrogens with zero attached hydrogens (tertiary/aromatic N) is 4. The lowest BCUT2D eigenvalue weighted by atomic mass is 9.97. The molecule has 1 saturated heterocycles. The summed E-state index contributed by atoms with van der Waals surface area (Å²) in [7, 11) is 2.08. The molecule has 1 aliphatic heterocycles. The summed E-state index contributed by atoms with van der Waals surface area (Å²) in [5.41, 5.74) is 1.29. The average Bonchev–Trinajstić information content (AvgIpc) is 3.05. The summed E-state index contributed by atoms with van der Waals surface area (Å²) in [5.74, 6) is 0.475. The molecule has 2 aromatic heterocycles. The molecular formula is C19H26N4O2S2. The molecule has 0 spiro atoms. The van der Waals surface area contributed by atoms with Crippen molar-refractivity contribution in [2.24, 2.45) is 0 Å². The van der Waals surface area contributed by atoms with Gasteiger partial charge in [-0.1, -0.05) is 11.8 Å². The van der Waals surface area contributed by atoms with Crippen molar-refractivity contribution >= 4 is 39.2 Å². The van der Waals surface area contributed by atoms with Gasteiger partial charge in [-0.05, 0) is 45.2 Å². The van der Waals surface area contributed by atoms with Crippen LogP contribution in [0, 0.1) is 0 Å². The van der Waals surface area contributed by atoms with Gasteiger partial charge in [-0.3, -0.25) is 14.2 Å². The van der Waals surface area contributed by atoms with Crippen molar-refractivity contribution in [3.8, 4) is 0 Å². The Morgan fingerprint density at radius 3 is 2.67 bits per heavy atom. The number of aromatic nitrogens is 2. The van der Waals surface area contributed by atoms with Crippen LogP contribution < -0.4 is 5.56 Å². The number of hydrogen-bond acceptors (Lipinski definition) is 6. The molecule has 1 amide bonds. The highest BCUT2D eigenvalue weighted by atomic mass is 32.2. The maximum absolute atomic E-state index is 13.1. The first kappa shape index (κ1) is 19.0. The summed E-state index contributed by atoms with van der Waals surface area (Å²) in [6.07, 6.45) is 4.40. The van der Waals surface area contributed by atoms with E-state index in [0.717, 1.165) is 55.7 Å². The van der Waals surface area contributed by atoms with Crippen LogP contribution in [0.25, 0.3) is 10.2 Å². The summed E-state index contributed by atoms with van der Waals surface area (Å²) in [6.45, 7) is 5.95. The fourth-order valence-electron chi connectivity index (χ4n) is 3.88. The Kier molecular flexibility index (Phi) is 5.57. The fraction of sp³-hybridized carbons (Fsp3) is 0.632. The van der Waals surface area contributed by atoms with Crippen molar-refractivity contribution in [2.45, 2.75) is 44.3 Å². The van der Waals surface area contributed by atoms with Crippen LogP contribution in [-0.4, -0.2) is 64.2 Å². The number of aryl methyl sites for hydroxylation is 2. The van der Waals surface area contributed by atoms with E-state index in [4.69, 9.17) is 4.98 Å². The normalized spacial score (nSPS) is 18.1. The van der Waals surface area contributed by atoms with E-state index < -0.39 is 0 Å². The highest BCUT2D eigenvalue weighted by Gasteiger charge is 2.23. The van der Waals surface area contributed by atoms with Gasteiger partial charge in [0.05, 0.1) is 11.1 Å². The van der Waals surface area contributed by atoms with Crippen LogP contribution in [0.3, 0.4) is 0 Å². The highest BCUT2D eigenvalue weighted by Crippen LogP contribution is 2.34. The summed E-state index contributed by atoms with van der Waals surface area (Å²) in [6, 6.07) is 0. The lowest BCUT2D eigenvalue weighted by molar-refractivity contribution is -0.129. The zero-order chi connectivity index (χ0) is 19.0. The van der Waals surface area contributed by atoms with Gasteiger partial charge in [0.25, 0.3) is 5.56 Å². The van der Waals surface area contributed by atoms with Gasteiger partial charge in [-0.2, -0.15) is 0 Å². The van der Waals surface area contributed by atoms with E-state index >= 15 is 0 Å². The van der Waals surface area contributed by atoms with Crippen LogP contribution >= 0.6 is 23.1 Å². The molecule has 0 aromatic carbocycles. The molecule has 0 unspecified atom stereocenters. The van der Waals surface area contributed by atoms with Gasteiger partial charge in [0.15, 0.2) is 5.16 Å². The summed E-state index contributed by atoms with van der Waals surface area (Å²) < 4.78 is 1.74. The molecular weight excluding hydrogens is 380 g/mol. The Labute approximate surface area is 167 Å². The standard InChI is InChI=1S/C19H26N4O2S2/c1-3-23-18(25)16-13-6-4-5-7-14(13)27-17(16)20-19(23)26-12-15(24)22-10-8-21(2)9-11-22/h3-12H2,1-2H3. The molecule has 6 nitrogen and oxygen atoms in total. The maximum atomic E-state index is 13.1. The van der Waals surface area contributed by atoms with E-state index in [9.17, 15) is 9.59 Å². The molecule has 1 fully saturated rings. The first-order valence-corrected chi connectivity index (χ1v) is 11.5. The lowest BCUT2D eigenvalue weighted by Crippen LogP contribution is -2.47. The SMILES string of the molecule is CCn1c(SCC(=O)N2CCN(C)CC2)nc2sc3c(c2c1=O)CCCC3. The van der Waals surface area contributed by atoms with Crippen LogP contribution in [0.1, 0.15) is 30.2 Å². The van der Waals surface area contributed by atoms with Crippen LogP contribution in [0.2, 0.25) is 0 Å². The number of rotatable bonds is 4. The van der Waals surface area contributed by atoms with Gasteiger partial charge in [-0.15, -0.1) is 11.3 Å². The number of amides is 1. The second-order valence-corrected chi connectivity index (χ2v) is 9.33. The number of carbonyl (C=O) groups excluding carboxylic acids is 1. The molecule has 3 heterocycles. The monoisotopic (exact) mass is 406 g/mol. The molecule has 0 atom stereocenters. The third-order valence-electron chi connectivity index (χ3n) is 5.54. The van der Waals surface area contributed by atoms with E-state index in [1.165, 1.54) is 28.6 Å². The van der Waals surface area contributed by atoms with E-state index in [1.807, 2.05) is 11.8 Å². The molecule has 146 valence electrons. The van der Waals surface area contributed by atoms with Gasteiger partial charge in [0, 0.05) is 37.6 Å². The molecule has 27 heavy (non-hydrogen) atoms. The quantitative estimate of drug-likeness (QED) is 0.576. The smallest absolute Gasteiger partial charge is 0.263 e. The third kappa shape index (κ3) is 3.67. The van der Waals surface area contributed by atoms with Crippen molar-refractivity contribution in [3.63, 3.8) is 0 Å². The van der Waals surface area contributed by atoms with E-state index in [0.29, 0.717) is 17.5 Å². The van der Waals surface area contributed by atoms with Crippen molar-refractivity contribution in [1.82, 2.24) is 19.4 Å². The number of thiophene rings is 1. The van der Waals surface area contributed by atoms with Crippen LogP contribution in [0.15, 0.2) is 9.95 Å². The molecule has 0 N–H and O–H groups in total. The Hall–Kier alpha value is -1.38. The van der Waals surface area contributed by atoms with Crippen molar-refractivity contribution in [3.05, 3.63) is 20.8 Å². The number of piperazine rings is 1. The first-order chi connectivity index (χ1) is 13.1. The number of hydrogen-bond donors (Lipinski definition) is 0. The van der Waals surface area contributed by atoms with Gasteiger partial charge >= 0.3 is 0 Å². The minimum absolute atomic E-state index is 0.0662. The van der Waals surface area contributed by atoms with Crippen LogP contribution in [-0.2, 0) is 24.2 Å². The summed E-state index contributed by atoms with van der Waals surface area (Å²) >= 11 is 3.07. The zero-order valence-electron chi connectivity index (χ0n) is 16.0. The van der Waals surface area contributed by atoms with Crippen molar-refractivity contribution < 1.29 is 4.79 Å². The van der Waals surface area contributed by atoms with Crippen LogP contribution in [0.4, 0.5) is 0 Å². The molecule has 1 aliphatic carbocycles. The molecule has 2 aromatic rings. The summed E-state index contributed by atoms with van der Waals surface area (Å²) in [4.78, 5) is 36.8. The minimum Gasteiger partial charge on any atom is -0.339 e. The van der Waals surface area contributed by atoms with E-state index in [1.54, 1.807) is 15.9 Å². The van der Waals surface area contributed by atoms with Gasteiger partial charge in [0.2, 0.25) is 5.91 Å². The van der Waals surface area contributed by atoms with E-state index in [2.05, 4.69) is 11.9 Å². The Bertz CT molecular complexity index is 913. The molecule has 0 saturated carbocycles. The van der Waals surface area contributed by atoms with E-state index in [-0.39, 0.29) is 11.5 Å². The lowest BCUT2D eigenvalue weighted by Gasteiger charge is -2.32. The third-order valence-corrected chi connectivity index (χ3v) is 7.68. The zero-order valence-corrected chi connectivity index (χ0v) is 17.6. The average molecular weight is 407 g/mol. The molecule has 0 radical (unpaired) electrons. The number of fused-ring (bicyclic) bond motifs is 3. The molecule has 4 rings (SSSR count). The molecule has 0 bridgehead atoms. The number of thioether (sulfide) groups is 1.